The summed E-state index contributed by atoms with van der Waals surface area (Å²) < 4.78 is 0. The predicted octanol–water partition coefficient (Wildman–Crippen LogP) is 3.96. The van der Waals surface area contributed by atoms with E-state index in [0.717, 1.165) is 23.5 Å². The van der Waals surface area contributed by atoms with Gasteiger partial charge in [0.05, 0.1) is 6.04 Å². The molecular formula is C19H23N3O. The minimum atomic E-state index is 0.170. The van der Waals surface area contributed by atoms with E-state index in [-0.39, 0.29) is 18.0 Å². The number of nitrogen functional groups attached to an aromatic ring is 1. The zero-order chi connectivity index (χ0) is 16.4. The lowest BCUT2D eigenvalue weighted by Gasteiger charge is -2.40. The Morgan fingerprint density at radius 1 is 1.22 bits per heavy atom. The Hall–Kier alpha value is -2.49. The van der Waals surface area contributed by atoms with E-state index in [1.54, 1.807) is 0 Å². The molecule has 0 saturated carbocycles. The number of anilines is 3. The predicted molar refractivity (Wildman–Crippen MR) is 95.5 cm³/mol. The van der Waals surface area contributed by atoms with Crippen molar-refractivity contribution in [2.24, 2.45) is 0 Å². The van der Waals surface area contributed by atoms with Crippen LogP contribution in [-0.2, 0) is 4.79 Å². The summed E-state index contributed by atoms with van der Waals surface area (Å²) in [5.41, 5.74) is 9.74. The summed E-state index contributed by atoms with van der Waals surface area (Å²) in [5.74, 6) is 0.177. The molecule has 1 amide bonds. The first-order valence-electron chi connectivity index (χ1n) is 8.13. The minimum Gasteiger partial charge on any atom is -0.399 e. The molecule has 4 nitrogen and oxygen atoms in total. The molecule has 120 valence electrons. The molecule has 0 aromatic heterocycles. The first-order valence-corrected chi connectivity index (χ1v) is 8.13. The number of carbonyl (C=O) groups excluding carboxylic acids is 1. The monoisotopic (exact) mass is 309 g/mol. The Balaban J connectivity index is 1.93. The summed E-state index contributed by atoms with van der Waals surface area (Å²) in [7, 11) is 0. The molecule has 0 saturated heterocycles. The number of fused-ring (bicyclic) bond motifs is 1. The number of nitrogens with zero attached hydrogens (tertiary/aromatic N) is 1. The van der Waals surface area contributed by atoms with E-state index < -0.39 is 0 Å². The quantitative estimate of drug-likeness (QED) is 0.844. The Kier molecular flexibility index (Phi) is 4.24. The van der Waals surface area contributed by atoms with Crippen molar-refractivity contribution in [3.05, 3.63) is 54.1 Å². The van der Waals surface area contributed by atoms with Crippen molar-refractivity contribution < 1.29 is 4.79 Å². The van der Waals surface area contributed by atoms with E-state index in [4.69, 9.17) is 5.73 Å². The molecule has 0 bridgehead atoms. The van der Waals surface area contributed by atoms with E-state index in [1.807, 2.05) is 54.3 Å². The van der Waals surface area contributed by atoms with Crippen LogP contribution in [0.1, 0.15) is 38.3 Å². The van der Waals surface area contributed by atoms with Crippen LogP contribution in [0.4, 0.5) is 17.1 Å². The van der Waals surface area contributed by atoms with Crippen LogP contribution < -0.4 is 16.0 Å². The SMILES string of the molecule is CCC(=O)N1c2ccccc2[C@H](Nc2ccc(N)cc2)C[C@@H]1C. The number of benzene rings is 2. The van der Waals surface area contributed by atoms with Crippen LogP contribution in [0.25, 0.3) is 0 Å². The highest BCUT2D eigenvalue weighted by atomic mass is 16.2. The van der Waals surface area contributed by atoms with Crippen molar-refractivity contribution in [2.45, 2.75) is 38.8 Å². The van der Waals surface area contributed by atoms with Crippen molar-refractivity contribution in [3.8, 4) is 0 Å². The van der Waals surface area contributed by atoms with Crippen LogP contribution in [0.2, 0.25) is 0 Å². The standard InChI is InChI=1S/C19H23N3O/c1-3-19(23)22-13(2)12-17(16-6-4-5-7-18(16)22)21-15-10-8-14(20)9-11-15/h4-11,13,17,21H,3,12,20H2,1-2H3/t13-,17+/m0/s1. The number of carbonyl (C=O) groups is 1. The maximum Gasteiger partial charge on any atom is 0.226 e. The molecule has 3 rings (SSSR count). The smallest absolute Gasteiger partial charge is 0.226 e. The van der Waals surface area contributed by atoms with Crippen LogP contribution in [-0.4, -0.2) is 11.9 Å². The number of rotatable bonds is 3. The van der Waals surface area contributed by atoms with Gasteiger partial charge >= 0.3 is 0 Å². The summed E-state index contributed by atoms with van der Waals surface area (Å²) in [4.78, 5) is 14.3. The van der Waals surface area contributed by atoms with Crippen molar-refractivity contribution in [2.75, 3.05) is 16.0 Å². The Labute approximate surface area is 137 Å². The second-order valence-electron chi connectivity index (χ2n) is 6.08. The number of nitrogens with one attached hydrogen (secondary N) is 1. The first kappa shape index (κ1) is 15.4. The van der Waals surface area contributed by atoms with Gasteiger partial charge in [-0.15, -0.1) is 0 Å². The largest absolute Gasteiger partial charge is 0.399 e. The Morgan fingerprint density at radius 2 is 1.91 bits per heavy atom. The van der Waals surface area contributed by atoms with Gasteiger partial charge in [-0.05, 0) is 49.2 Å². The van der Waals surface area contributed by atoms with Crippen molar-refractivity contribution >= 4 is 23.0 Å². The van der Waals surface area contributed by atoms with Gasteiger partial charge in [-0.3, -0.25) is 4.79 Å². The molecule has 2 aromatic carbocycles. The van der Waals surface area contributed by atoms with E-state index in [0.29, 0.717) is 6.42 Å². The average molecular weight is 309 g/mol. The molecule has 1 aliphatic heterocycles. The number of hydrogen-bond acceptors (Lipinski definition) is 3. The molecule has 0 unspecified atom stereocenters. The summed E-state index contributed by atoms with van der Waals surface area (Å²) in [6.45, 7) is 4.03. The topological polar surface area (TPSA) is 58.4 Å². The fraction of sp³-hybridized carbons (Fsp3) is 0.316. The molecule has 1 heterocycles. The third kappa shape index (κ3) is 3.02. The maximum atomic E-state index is 12.3. The molecule has 1 aliphatic rings. The Morgan fingerprint density at radius 3 is 2.61 bits per heavy atom. The van der Waals surface area contributed by atoms with E-state index in [2.05, 4.69) is 18.3 Å². The number of amides is 1. The molecule has 4 heteroatoms. The summed E-state index contributed by atoms with van der Waals surface area (Å²) in [6.07, 6.45) is 1.40. The highest BCUT2D eigenvalue weighted by Gasteiger charge is 2.32. The lowest BCUT2D eigenvalue weighted by atomic mass is 9.91. The fourth-order valence-corrected chi connectivity index (χ4v) is 3.28. The molecular weight excluding hydrogens is 286 g/mol. The lowest BCUT2D eigenvalue weighted by Crippen LogP contribution is -2.44. The third-order valence-corrected chi connectivity index (χ3v) is 4.41. The van der Waals surface area contributed by atoms with Gasteiger partial charge in [0.2, 0.25) is 5.91 Å². The minimum absolute atomic E-state index is 0.170. The molecule has 0 aliphatic carbocycles. The van der Waals surface area contributed by atoms with Gasteiger partial charge in [0.1, 0.15) is 0 Å². The lowest BCUT2D eigenvalue weighted by molar-refractivity contribution is -0.118. The van der Waals surface area contributed by atoms with Gasteiger partial charge in [0.25, 0.3) is 0 Å². The van der Waals surface area contributed by atoms with Gasteiger partial charge in [-0.25, -0.2) is 0 Å². The van der Waals surface area contributed by atoms with Gasteiger partial charge in [-0.2, -0.15) is 0 Å². The van der Waals surface area contributed by atoms with Crippen LogP contribution in [0, 0.1) is 0 Å². The third-order valence-electron chi connectivity index (χ3n) is 4.41. The first-order chi connectivity index (χ1) is 11.1. The molecule has 2 atom stereocenters. The van der Waals surface area contributed by atoms with E-state index in [9.17, 15) is 4.79 Å². The molecule has 23 heavy (non-hydrogen) atoms. The van der Waals surface area contributed by atoms with Gasteiger partial charge in [-0.1, -0.05) is 25.1 Å². The summed E-state index contributed by atoms with van der Waals surface area (Å²) >= 11 is 0. The Bertz CT molecular complexity index is 696. The number of para-hydroxylation sites is 1. The number of nitrogens with two attached hydrogens (primary N) is 1. The van der Waals surface area contributed by atoms with E-state index >= 15 is 0 Å². The molecule has 0 radical (unpaired) electrons. The van der Waals surface area contributed by atoms with E-state index in [1.165, 1.54) is 5.56 Å². The molecule has 3 N–H and O–H groups in total. The maximum absolute atomic E-state index is 12.3. The van der Waals surface area contributed by atoms with Gasteiger partial charge < -0.3 is 16.0 Å². The highest BCUT2D eigenvalue weighted by molar-refractivity contribution is 5.95. The normalized spacial score (nSPS) is 20.0. The average Bonchev–Trinajstić information content (AvgIpc) is 2.56. The van der Waals surface area contributed by atoms with Crippen LogP contribution in [0.5, 0.6) is 0 Å². The summed E-state index contributed by atoms with van der Waals surface area (Å²) in [5, 5.41) is 3.58. The van der Waals surface area contributed by atoms with Crippen LogP contribution in [0.3, 0.4) is 0 Å². The van der Waals surface area contributed by atoms with Crippen molar-refractivity contribution in [3.63, 3.8) is 0 Å². The zero-order valence-corrected chi connectivity index (χ0v) is 13.6. The second kappa shape index (κ2) is 6.32. The van der Waals surface area contributed by atoms with Crippen LogP contribution in [0.15, 0.2) is 48.5 Å². The zero-order valence-electron chi connectivity index (χ0n) is 13.6. The van der Waals surface area contributed by atoms with Gasteiger partial charge in [0.15, 0.2) is 0 Å². The van der Waals surface area contributed by atoms with Crippen molar-refractivity contribution in [1.29, 1.82) is 0 Å². The molecule has 0 spiro atoms. The van der Waals surface area contributed by atoms with Gasteiger partial charge in [0, 0.05) is 29.5 Å². The highest BCUT2D eigenvalue weighted by Crippen LogP contribution is 2.39. The second-order valence-corrected chi connectivity index (χ2v) is 6.08. The number of hydrogen-bond donors (Lipinski definition) is 2. The van der Waals surface area contributed by atoms with Crippen molar-refractivity contribution in [1.82, 2.24) is 0 Å². The molecule has 0 fully saturated rings. The summed E-state index contributed by atoms with van der Waals surface area (Å²) in [6, 6.07) is 16.3. The molecule has 2 aromatic rings. The fourth-order valence-electron chi connectivity index (χ4n) is 3.28. The van der Waals surface area contributed by atoms with Crippen LogP contribution >= 0.6 is 0 Å².